The van der Waals surface area contributed by atoms with Crippen molar-refractivity contribution >= 4 is 33.7 Å². The number of nitrogens with zero attached hydrogens (tertiary/aromatic N) is 4. The van der Waals surface area contributed by atoms with Crippen LogP contribution in [0.1, 0.15) is 24.7 Å². The Labute approximate surface area is 142 Å². The first-order valence-corrected chi connectivity index (χ1v) is 8.25. The smallest absolute Gasteiger partial charge is 0.246 e. The molecule has 1 aliphatic carbocycles. The van der Waals surface area contributed by atoms with Gasteiger partial charge in [-0.3, -0.25) is 4.79 Å². The van der Waals surface area contributed by atoms with E-state index < -0.39 is 0 Å². The fourth-order valence-electron chi connectivity index (χ4n) is 2.90. The van der Waals surface area contributed by atoms with Crippen LogP contribution in [0.25, 0.3) is 22.1 Å². The summed E-state index contributed by atoms with van der Waals surface area (Å²) in [7, 11) is 0. The molecule has 0 saturated heterocycles. The lowest BCUT2D eigenvalue weighted by Gasteiger charge is -2.05. The van der Waals surface area contributed by atoms with E-state index in [1.807, 2.05) is 42.5 Å². The molecule has 2 heterocycles. The van der Waals surface area contributed by atoms with Crippen LogP contribution in [-0.4, -0.2) is 25.9 Å². The highest BCUT2D eigenvalue weighted by Crippen LogP contribution is 2.40. The van der Waals surface area contributed by atoms with Crippen LogP contribution in [-0.2, 0) is 11.3 Å². The van der Waals surface area contributed by atoms with Gasteiger partial charge >= 0.3 is 0 Å². The fourth-order valence-corrected chi connectivity index (χ4v) is 2.90. The Bertz CT molecular complexity index is 1090. The first-order valence-electron chi connectivity index (χ1n) is 8.25. The van der Waals surface area contributed by atoms with Crippen LogP contribution < -0.4 is 5.32 Å². The van der Waals surface area contributed by atoms with E-state index in [1.165, 1.54) is 0 Å². The van der Waals surface area contributed by atoms with E-state index in [4.69, 9.17) is 4.42 Å². The molecule has 0 atom stereocenters. The second-order valence-corrected chi connectivity index (χ2v) is 6.29. The summed E-state index contributed by atoms with van der Waals surface area (Å²) >= 11 is 0. The molecule has 0 radical (unpaired) electrons. The second kappa shape index (κ2) is 5.41. The minimum absolute atomic E-state index is 0.102. The number of hydrogen-bond donors (Lipinski definition) is 1. The Balaban J connectivity index is 1.35. The zero-order valence-electron chi connectivity index (χ0n) is 13.3. The van der Waals surface area contributed by atoms with E-state index in [1.54, 1.807) is 4.68 Å². The third kappa shape index (κ3) is 2.63. The van der Waals surface area contributed by atoms with E-state index in [0.717, 1.165) is 40.9 Å². The first-order chi connectivity index (χ1) is 12.3. The molecule has 0 bridgehead atoms. The maximum absolute atomic E-state index is 12.3. The monoisotopic (exact) mass is 333 g/mol. The molecule has 1 saturated carbocycles. The van der Waals surface area contributed by atoms with Crippen molar-refractivity contribution in [1.29, 1.82) is 0 Å². The van der Waals surface area contributed by atoms with E-state index >= 15 is 0 Å². The van der Waals surface area contributed by atoms with Crippen molar-refractivity contribution in [3.8, 4) is 0 Å². The summed E-state index contributed by atoms with van der Waals surface area (Å²) < 4.78 is 7.33. The predicted octanol–water partition coefficient (Wildman–Crippen LogP) is 3.09. The number of hydrogen-bond acceptors (Lipinski definition) is 5. The number of amides is 1. The van der Waals surface area contributed by atoms with Gasteiger partial charge in [0.2, 0.25) is 5.91 Å². The minimum atomic E-state index is -0.166. The van der Waals surface area contributed by atoms with Gasteiger partial charge in [-0.1, -0.05) is 17.3 Å². The Morgan fingerprint density at radius 2 is 2.08 bits per heavy atom. The molecule has 2 aromatic carbocycles. The Morgan fingerprint density at radius 1 is 1.20 bits per heavy atom. The van der Waals surface area contributed by atoms with Crippen molar-refractivity contribution in [2.75, 3.05) is 5.32 Å². The van der Waals surface area contributed by atoms with Crippen LogP contribution in [0.3, 0.4) is 0 Å². The molecule has 0 aliphatic heterocycles. The maximum atomic E-state index is 12.3. The SMILES string of the molecule is O=C(Cn1nnc2ccccc21)Nc1ccc2oc(C3CC3)nc2c1. The fraction of sp³-hybridized carbons (Fsp3) is 0.222. The molecule has 4 aromatic rings. The Hall–Kier alpha value is -3.22. The molecule has 124 valence electrons. The van der Waals surface area contributed by atoms with Gasteiger partial charge in [-0.05, 0) is 43.2 Å². The topological polar surface area (TPSA) is 85.8 Å². The predicted molar refractivity (Wildman–Crippen MR) is 92.1 cm³/mol. The van der Waals surface area contributed by atoms with E-state index in [0.29, 0.717) is 11.6 Å². The Morgan fingerprint density at radius 3 is 2.96 bits per heavy atom. The lowest BCUT2D eigenvalue weighted by atomic mass is 10.3. The van der Waals surface area contributed by atoms with Gasteiger partial charge < -0.3 is 9.73 Å². The molecule has 7 heteroatoms. The molecule has 0 unspecified atom stereocenters. The molecular formula is C18H15N5O2. The highest BCUT2D eigenvalue weighted by atomic mass is 16.3. The lowest BCUT2D eigenvalue weighted by Crippen LogP contribution is -2.19. The number of nitrogens with one attached hydrogen (secondary N) is 1. The number of anilines is 1. The van der Waals surface area contributed by atoms with Crippen molar-refractivity contribution in [1.82, 2.24) is 20.0 Å². The third-order valence-corrected chi connectivity index (χ3v) is 4.33. The summed E-state index contributed by atoms with van der Waals surface area (Å²) in [6.07, 6.45) is 2.28. The van der Waals surface area contributed by atoms with Crippen molar-refractivity contribution in [2.45, 2.75) is 25.3 Å². The first kappa shape index (κ1) is 14.2. The van der Waals surface area contributed by atoms with Gasteiger partial charge in [0.25, 0.3) is 0 Å². The van der Waals surface area contributed by atoms with E-state index in [9.17, 15) is 4.79 Å². The number of carbonyl (C=O) groups excluding carboxylic acids is 1. The third-order valence-electron chi connectivity index (χ3n) is 4.33. The number of para-hydroxylation sites is 1. The van der Waals surface area contributed by atoms with Gasteiger partial charge in [0, 0.05) is 11.6 Å². The average Bonchev–Trinajstić information content (AvgIpc) is 3.27. The molecule has 1 amide bonds. The zero-order chi connectivity index (χ0) is 16.8. The van der Waals surface area contributed by atoms with Crippen LogP contribution >= 0.6 is 0 Å². The van der Waals surface area contributed by atoms with Crippen LogP contribution in [0, 0.1) is 0 Å². The van der Waals surface area contributed by atoms with Crippen LogP contribution in [0.15, 0.2) is 46.9 Å². The van der Waals surface area contributed by atoms with Crippen molar-refractivity contribution in [2.24, 2.45) is 0 Å². The molecule has 0 spiro atoms. The summed E-state index contributed by atoms with van der Waals surface area (Å²) in [5.41, 5.74) is 3.82. The Kier molecular flexibility index (Phi) is 3.06. The highest BCUT2D eigenvalue weighted by molar-refractivity contribution is 5.93. The number of oxazole rings is 1. The zero-order valence-corrected chi connectivity index (χ0v) is 13.3. The molecule has 5 rings (SSSR count). The molecule has 7 nitrogen and oxygen atoms in total. The van der Waals surface area contributed by atoms with Gasteiger partial charge in [0.05, 0.1) is 5.52 Å². The van der Waals surface area contributed by atoms with Crippen LogP contribution in [0.2, 0.25) is 0 Å². The number of fused-ring (bicyclic) bond motifs is 2. The van der Waals surface area contributed by atoms with Crippen molar-refractivity contribution in [3.05, 3.63) is 48.4 Å². The molecular weight excluding hydrogens is 318 g/mol. The van der Waals surface area contributed by atoms with Gasteiger partial charge in [0.15, 0.2) is 11.5 Å². The normalized spacial score (nSPS) is 14.2. The molecule has 1 N–H and O–H groups in total. The summed E-state index contributed by atoms with van der Waals surface area (Å²) in [5, 5.41) is 11.0. The molecule has 25 heavy (non-hydrogen) atoms. The summed E-state index contributed by atoms with van der Waals surface area (Å²) in [5.74, 6) is 1.10. The number of carbonyl (C=O) groups is 1. The van der Waals surface area contributed by atoms with Gasteiger partial charge in [0.1, 0.15) is 17.6 Å². The quantitative estimate of drug-likeness (QED) is 0.620. The molecule has 1 aliphatic rings. The molecule has 2 aromatic heterocycles. The maximum Gasteiger partial charge on any atom is 0.246 e. The largest absolute Gasteiger partial charge is 0.440 e. The van der Waals surface area contributed by atoms with Gasteiger partial charge in [-0.15, -0.1) is 5.10 Å². The number of aromatic nitrogens is 4. The van der Waals surface area contributed by atoms with Crippen LogP contribution in [0.4, 0.5) is 5.69 Å². The highest BCUT2D eigenvalue weighted by Gasteiger charge is 2.28. The van der Waals surface area contributed by atoms with E-state index in [-0.39, 0.29) is 12.5 Å². The number of benzene rings is 2. The van der Waals surface area contributed by atoms with Crippen molar-refractivity contribution < 1.29 is 9.21 Å². The summed E-state index contributed by atoms with van der Waals surface area (Å²) in [4.78, 5) is 16.9. The average molecular weight is 333 g/mol. The summed E-state index contributed by atoms with van der Waals surface area (Å²) in [6.45, 7) is 0.102. The lowest BCUT2D eigenvalue weighted by molar-refractivity contribution is -0.116. The van der Waals surface area contributed by atoms with Gasteiger partial charge in [-0.25, -0.2) is 9.67 Å². The second-order valence-electron chi connectivity index (χ2n) is 6.29. The molecule has 1 fully saturated rings. The van der Waals surface area contributed by atoms with E-state index in [2.05, 4.69) is 20.6 Å². The number of rotatable bonds is 4. The van der Waals surface area contributed by atoms with Gasteiger partial charge in [-0.2, -0.15) is 0 Å². The summed E-state index contributed by atoms with van der Waals surface area (Å²) in [6, 6.07) is 13.1. The standard InChI is InChI=1S/C18H15N5O2/c24-17(10-23-15-4-2-1-3-13(15)21-22-23)19-12-7-8-16-14(9-12)20-18(25-16)11-5-6-11/h1-4,7-9,11H,5-6,10H2,(H,19,24). The minimum Gasteiger partial charge on any atom is -0.440 e. The van der Waals surface area contributed by atoms with Crippen molar-refractivity contribution in [3.63, 3.8) is 0 Å². The van der Waals surface area contributed by atoms with Crippen LogP contribution in [0.5, 0.6) is 0 Å².